The van der Waals surface area contributed by atoms with Crippen LogP contribution in [-0.2, 0) is 33.2 Å². The second kappa shape index (κ2) is 79.0. The van der Waals surface area contributed by atoms with E-state index in [-0.39, 0.29) is 18.9 Å². The summed E-state index contributed by atoms with van der Waals surface area (Å²) in [4.78, 5) is 13.6. The first kappa shape index (κ1) is 111. The third-order valence-corrected chi connectivity index (χ3v) is 25.8. The molecule has 3 saturated heterocycles. The highest BCUT2D eigenvalue weighted by Crippen LogP contribution is 2.34. The fraction of sp³-hybridized carbons (Fsp3) is 0.970. The summed E-state index contributed by atoms with van der Waals surface area (Å²) in [6, 6.07) is -0.886. The van der Waals surface area contributed by atoms with Crippen molar-refractivity contribution in [1.29, 1.82) is 0 Å². The molecule has 3 aliphatic rings. The average molecular weight is 1680 g/mol. The van der Waals surface area contributed by atoms with E-state index in [9.17, 15) is 61.0 Å². The molecular weight excluding hydrogens is 1490 g/mol. The lowest BCUT2D eigenvalue weighted by atomic mass is 9.96. The van der Waals surface area contributed by atoms with E-state index >= 15 is 0 Å². The summed E-state index contributed by atoms with van der Waals surface area (Å²) in [6.07, 6.45) is 73.7. The minimum atomic E-state index is -1.97. The van der Waals surface area contributed by atoms with Crippen molar-refractivity contribution in [3.63, 3.8) is 0 Å². The highest BCUT2D eigenvalue weighted by atomic mass is 16.8. The van der Waals surface area contributed by atoms with Gasteiger partial charge in [-0.25, -0.2) is 0 Å². The summed E-state index contributed by atoms with van der Waals surface area (Å²) in [5.41, 5.74) is 0. The van der Waals surface area contributed by atoms with E-state index in [0.29, 0.717) is 12.8 Å². The number of aliphatic hydroxyl groups excluding tert-OH is 11. The molecule has 1 amide bonds. The maximum absolute atomic E-state index is 13.6. The van der Waals surface area contributed by atoms with Crippen molar-refractivity contribution in [2.24, 2.45) is 0 Å². The van der Waals surface area contributed by atoms with Crippen molar-refractivity contribution < 1.29 is 89.4 Å². The number of allylic oxidation sites excluding steroid dienone is 2. The van der Waals surface area contributed by atoms with Crippen molar-refractivity contribution in [3.8, 4) is 0 Å². The second-order valence-electron chi connectivity index (χ2n) is 36.7. The van der Waals surface area contributed by atoms with E-state index in [1.807, 2.05) is 0 Å². The molecule has 0 saturated carbocycles. The Morgan fingerprint density at radius 1 is 0.297 bits per heavy atom. The molecule has 17 unspecified atom stereocenters. The highest BCUT2D eigenvalue weighted by Gasteiger charge is 2.54. The number of carbonyl (C=O) groups excluding carboxylic acids is 1. The van der Waals surface area contributed by atoms with Gasteiger partial charge in [0, 0.05) is 6.42 Å². The Morgan fingerprint density at radius 2 is 0.534 bits per heavy atom. The zero-order chi connectivity index (χ0) is 85.2. The first-order valence-corrected chi connectivity index (χ1v) is 50.9. The second-order valence-corrected chi connectivity index (χ2v) is 36.7. The van der Waals surface area contributed by atoms with Crippen molar-refractivity contribution >= 4 is 5.91 Å². The highest BCUT2D eigenvalue weighted by molar-refractivity contribution is 5.76. The number of unbranched alkanes of at least 4 members (excludes halogenated alkanes) is 68. The fourth-order valence-electron chi connectivity index (χ4n) is 17.8. The number of nitrogens with one attached hydrogen (secondary N) is 1. The molecule has 3 aliphatic heterocycles. The molecule has 17 atom stereocenters. The molecule has 0 radical (unpaired) electrons. The molecule has 3 fully saturated rings. The van der Waals surface area contributed by atoms with Gasteiger partial charge >= 0.3 is 0 Å². The Balaban J connectivity index is 1.26. The number of hydrogen-bond donors (Lipinski definition) is 12. The van der Waals surface area contributed by atoms with Crippen LogP contribution in [0.2, 0.25) is 0 Å². The number of aliphatic hydroxyl groups is 11. The molecule has 0 aromatic heterocycles. The summed E-state index contributed by atoms with van der Waals surface area (Å²) >= 11 is 0. The average Bonchev–Trinajstić information content (AvgIpc) is 0.777. The van der Waals surface area contributed by atoms with Crippen LogP contribution in [0.25, 0.3) is 0 Å². The molecule has 0 spiro atoms. The van der Waals surface area contributed by atoms with E-state index in [1.165, 1.54) is 405 Å². The van der Waals surface area contributed by atoms with Gasteiger partial charge in [0.1, 0.15) is 73.2 Å². The first-order chi connectivity index (χ1) is 57.8. The minimum Gasteiger partial charge on any atom is -0.394 e. The van der Waals surface area contributed by atoms with E-state index < -0.39 is 124 Å². The number of hydrogen-bond acceptors (Lipinski definition) is 18. The summed E-state index contributed by atoms with van der Waals surface area (Å²) in [5, 5.41) is 122. The van der Waals surface area contributed by atoms with Crippen molar-refractivity contribution in [2.75, 3.05) is 26.4 Å². The van der Waals surface area contributed by atoms with Crippen molar-refractivity contribution in [1.82, 2.24) is 5.32 Å². The Bertz CT molecular complexity index is 2170. The van der Waals surface area contributed by atoms with Crippen LogP contribution in [0.4, 0.5) is 0 Å². The topological polar surface area (TPSA) is 307 Å². The molecule has 118 heavy (non-hydrogen) atoms. The van der Waals surface area contributed by atoms with E-state index in [4.69, 9.17) is 28.4 Å². The van der Waals surface area contributed by atoms with Crippen LogP contribution in [-0.4, -0.2) is 193 Å². The van der Waals surface area contributed by atoms with Gasteiger partial charge in [0.2, 0.25) is 5.91 Å². The molecule has 700 valence electrons. The Kier molecular flexibility index (Phi) is 74.1. The normalized spacial score (nSPS) is 24.2. The number of ether oxygens (including phenoxy) is 6. The van der Waals surface area contributed by atoms with E-state index in [0.717, 1.165) is 44.9 Å². The molecule has 3 rings (SSSR count). The van der Waals surface area contributed by atoms with Crippen LogP contribution in [0.5, 0.6) is 0 Å². The molecule has 19 nitrogen and oxygen atoms in total. The molecule has 3 heterocycles. The van der Waals surface area contributed by atoms with Gasteiger partial charge in [0.05, 0.1) is 38.6 Å². The predicted octanol–water partition coefficient (Wildman–Crippen LogP) is 21.4. The summed E-state index contributed by atoms with van der Waals surface area (Å²) in [5.74, 6) is -0.230. The number of rotatable bonds is 86. The van der Waals surface area contributed by atoms with E-state index in [1.54, 1.807) is 0 Å². The monoisotopic (exact) mass is 1680 g/mol. The van der Waals surface area contributed by atoms with E-state index in [2.05, 4.69) is 31.3 Å². The van der Waals surface area contributed by atoms with Gasteiger partial charge in [-0.05, 0) is 38.5 Å². The molecule has 12 N–H and O–H groups in total. The molecule has 0 aliphatic carbocycles. The summed E-state index contributed by atoms with van der Waals surface area (Å²) in [7, 11) is 0. The smallest absolute Gasteiger partial charge is 0.220 e. The van der Waals surface area contributed by atoms with Crippen LogP contribution in [0, 0.1) is 0 Å². The van der Waals surface area contributed by atoms with Crippen molar-refractivity contribution in [3.05, 3.63) is 12.2 Å². The van der Waals surface area contributed by atoms with Gasteiger partial charge in [0.15, 0.2) is 18.9 Å². The minimum absolute atomic E-state index is 0.230. The van der Waals surface area contributed by atoms with Crippen molar-refractivity contribution in [2.45, 2.75) is 587 Å². The van der Waals surface area contributed by atoms with Crippen LogP contribution in [0.3, 0.4) is 0 Å². The van der Waals surface area contributed by atoms with Gasteiger partial charge in [0.25, 0.3) is 0 Å². The quantitative estimate of drug-likeness (QED) is 0.0199. The lowest BCUT2D eigenvalue weighted by Gasteiger charge is -2.48. The Hall–Kier alpha value is -1.47. The van der Waals surface area contributed by atoms with Gasteiger partial charge in [-0.1, -0.05) is 450 Å². The lowest BCUT2D eigenvalue weighted by Crippen LogP contribution is -2.66. The molecular formula is C99H191NO18. The molecule has 0 bridgehead atoms. The zero-order valence-corrected chi connectivity index (χ0v) is 76.2. The number of amides is 1. The number of carbonyl (C=O) groups is 1. The Labute approximate surface area is 722 Å². The largest absolute Gasteiger partial charge is 0.394 e. The molecule has 19 heteroatoms. The summed E-state index contributed by atoms with van der Waals surface area (Å²) in [6.45, 7) is 1.90. The predicted molar refractivity (Wildman–Crippen MR) is 480 cm³/mol. The third-order valence-electron chi connectivity index (χ3n) is 25.8. The maximum atomic E-state index is 13.6. The van der Waals surface area contributed by atoms with Crippen LogP contribution in [0.1, 0.15) is 483 Å². The van der Waals surface area contributed by atoms with Gasteiger partial charge in [-0.3, -0.25) is 4.79 Å². The fourth-order valence-corrected chi connectivity index (χ4v) is 17.8. The molecule has 0 aromatic carbocycles. The first-order valence-electron chi connectivity index (χ1n) is 50.9. The molecule has 0 aromatic rings. The van der Waals surface area contributed by atoms with Crippen LogP contribution >= 0.6 is 0 Å². The summed E-state index contributed by atoms with van der Waals surface area (Å²) < 4.78 is 34.7. The van der Waals surface area contributed by atoms with Gasteiger partial charge < -0.3 is 89.9 Å². The van der Waals surface area contributed by atoms with Crippen LogP contribution in [0.15, 0.2) is 12.2 Å². The maximum Gasteiger partial charge on any atom is 0.220 e. The Morgan fingerprint density at radius 3 is 0.822 bits per heavy atom. The zero-order valence-electron chi connectivity index (χ0n) is 76.2. The standard InChI is InChI=1S/C99H191NO18/c1-3-5-7-9-11-13-15-17-19-21-23-25-27-29-31-33-35-37-38-39-40-41-42-43-44-45-47-49-51-53-55-57-59-61-63-65-67-69-71-73-75-77-87(105)100-82(83(104)76-74-72-70-68-66-64-62-60-58-56-54-52-50-48-46-36-34-32-30-28-26-24-22-20-18-16-14-12-10-8-6-4-2)81-113-97-93(111)90(108)95(85(79-102)115-97)118-99-94(112)91(109)96(86(80-103)116-99)117-98-92(110)89(107)88(106)84(78-101)114-98/h21,23,82-86,88-99,101-104,106-112H,3-20,22,24-81H2,1-2H3,(H,100,105)/b23-21-. The van der Waals surface area contributed by atoms with Gasteiger partial charge in [-0.15, -0.1) is 0 Å². The van der Waals surface area contributed by atoms with Gasteiger partial charge in [-0.2, -0.15) is 0 Å². The third kappa shape index (κ3) is 55.9. The SMILES string of the molecule is CCCCCCCCCC/C=C\CCCCCCCCCCCCCCCCCCCCCCCCCCCCCCCC(=O)NC(COC1OC(CO)C(OC2OC(CO)C(OC3OC(CO)C(O)C(O)C3O)C(O)C2O)C(O)C1O)C(O)CCCCCCCCCCCCCCCCCCCCCCCCCCCCCCCCCC. The van der Waals surface area contributed by atoms with Crippen LogP contribution < -0.4 is 5.32 Å². The lowest BCUT2D eigenvalue weighted by molar-refractivity contribution is -0.379.